The van der Waals surface area contributed by atoms with Gasteiger partial charge in [-0.25, -0.2) is 0 Å². The van der Waals surface area contributed by atoms with Crippen molar-refractivity contribution in [2.24, 2.45) is 0 Å². The third-order valence-corrected chi connectivity index (χ3v) is 4.81. The number of non-ortho nitro benzene ring substituents is 1. The first-order valence-corrected chi connectivity index (χ1v) is 10.1. The quantitative estimate of drug-likeness (QED) is 0.329. The van der Waals surface area contributed by atoms with E-state index in [0.717, 1.165) is 5.69 Å². The summed E-state index contributed by atoms with van der Waals surface area (Å²) in [5.74, 6) is -0.744. The van der Waals surface area contributed by atoms with Crippen LogP contribution >= 0.6 is 12.2 Å². The predicted octanol–water partition coefficient (Wildman–Crippen LogP) is 4.39. The molecule has 0 spiro atoms. The zero-order chi connectivity index (χ0) is 23.1. The first-order valence-electron chi connectivity index (χ1n) is 9.73. The molecule has 0 fully saturated rings. The van der Waals surface area contributed by atoms with Crippen LogP contribution in [0.1, 0.15) is 27.6 Å². The van der Waals surface area contributed by atoms with Gasteiger partial charge >= 0.3 is 0 Å². The summed E-state index contributed by atoms with van der Waals surface area (Å²) < 4.78 is 0. The average molecular weight is 449 g/mol. The molecule has 3 aromatic carbocycles. The Morgan fingerprint density at radius 3 is 2.22 bits per heavy atom. The number of nitrogens with one attached hydrogen (secondary N) is 2. The van der Waals surface area contributed by atoms with Crippen molar-refractivity contribution in [3.63, 3.8) is 0 Å². The summed E-state index contributed by atoms with van der Waals surface area (Å²) in [5, 5.41) is 16.2. The summed E-state index contributed by atoms with van der Waals surface area (Å²) in [6.45, 7) is 2.36. The molecule has 8 nitrogen and oxygen atoms in total. The highest BCUT2D eigenvalue weighted by atomic mass is 32.1. The molecule has 0 atom stereocenters. The van der Waals surface area contributed by atoms with Crippen LogP contribution in [0.3, 0.4) is 0 Å². The molecule has 0 aliphatic carbocycles. The van der Waals surface area contributed by atoms with Gasteiger partial charge in [0.1, 0.15) is 0 Å². The highest BCUT2D eigenvalue weighted by Gasteiger charge is 2.20. The minimum Gasteiger partial charge on any atom is -0.332 e. The van der Waals surface area contributed by atoms with Crippen molar-refractivity contribution in [3.8, 4) is 0 Å². The maximum absolute atomic E-state index is 13.2. The first kappa shape index (κ1) is 22.6. The second-order valence-electron chi connectivity index (χ2n) is 6.64. The fourth-order valence-corrected chi connectivity index (χ4v) is 3.24. The second-order valence-corrected chi connectivity index (χ2v) is 7.05. The number of carbonyl (C=O) groups excluding carboxylic acids is 2. The summed E-state index contributed by atoms with van der Waals surface area (Å²) >= 11 is 5.24. The number of benzene rings is 3. The van der Waals surface area contributed by atoms with E-state index in [0.29, 0.717) is 17.8 Å². The number of nitro benzene ring substituents is 1. The molecule has 0 bridgehead atoms. The molecule has 3 rings (SSSR count). The van der Waals surface area contributed by atoms with Gasteiger partial charge in [-0.1, -0.05) is 30.3 Å². The van der Waals surface area contributed by atoms with Gasteiger partial charge in [0.05, 0.1) is 16.2 Å². The van der Waals surface area contributed by atoms with Crippen LogP contribution in [0.15, 0.2) is 78.9 Å². The van der Waals surface area contributed by atoms with Crippen molar-refractivity contribution in [3.05, 3.63) is 100 Å². The van der Waals surface area contributed by atoms with Crippen LogP contribution in [0.25, 0.3) is 0 Å². The Morgan fingerprint density at radius 2 is 1.59 bits per heavy atom. The van der Waals surface area contributed by atoms with E-state index >= 15 is 0 Å². The highest BCUT2D eigenvalue weighted by molar-refractivity contribution is 7.80. The smallest absolute Gasteiger partial charge is 0.269 e. The van der Waals surface area contributed by atoms with Crippen molar-refractivity contribution < 1.29 is 14.5 Å². The average Bonchev–Trinajstić information content (AvgIpc) is 2.80. The van der Waals surface area contributed by atoms with Gasteiger partial charge in [-0.3, -0.25) is 25.0 Å². The van der Waals surface area contributed by atoms with Crippen LogP contribution in [0.4, 0.5) is 17.1 Å². The molecule has 0 aliphatic rings. The topological polar surface area (TPSA) is 105 Å². The SMILES string of the molecule is CCN(C(=O)c1ccccc1NC(=S)NC(=O)c1ccc([N+](=O)[O-])cc1)c1ccccc1. The molecule has 0 heterocycles. The monoisotopic (exact) mass is 448 g/mol. The number of amides is 2. The molecule has 0 saturated carbocycles. The van der Waals surface area contributed by atoms with Crippen LogP contribution in [0.2, 0.25) is 0 Å². The maximum Gasteiger partial charge on any atom is 0.269 e. The lowest BCUT2D eigenvalue weighted by Crippen LogP contribution is -2.35. The van der Waals surface area contributed by atoms with E-state index < -0.39 is 10.8 Å². The van der Waals surface area contributed by atoms with Crippen LogP contribution in [0.5, 0.6) is 0 Å². The minimum absolute atomic E-state index is 0.00337. The number of nitrogens with zero attached hydrogens (tertiary/aromatic N) is 2. The van der Waals surface area contributed by atoms with Gasteiger partial charge in [0.25, 0.3) is 17.5 Å². The third-order valence-electron chi connectivity index (χ3n) is 4.60. The Kier molecular flexibility index (Phi) is 7.25. The van der Waals surface area contributed by atoms with Crippen molar-refractivity contribution >= 4 is 46.2 Å². The zero-order valence-corrected chi connectivity index (χ0v) is 18.0. The molecular weight excluding hydrogens is 428 g/mol. The zero-order valence-electron chi connectivity index (χ0n) is 17.1. The molecule has 3 aromatic rings. The van der Waals surface area contributed by atoms with Crippen molar-refractivity contribution in [2.45, 2.75) is 6.92 Å². The fourth-order valence-electron chi connectivity index (χ4n) is 3.04. The number of hydrogen-bond acceptors (Lipinski definition) is 5. The summed E-state index contributed by atoms with van der Waals surface area (Å²) in [5.41, 5.74) is 1.70. The number of hydrogen-bond donors (Lipinski definition) is 2. The lowest BCUT2D eigenvalue weighted by atomic mass is 10.1. The van der Waals surface area contributed by atoms with Crippen molar-refractivity contribution in [1.29, 1.82) is 0 Å². The normalized spacial score (nSPS) is 10.2. The largest absolute Gasteiger partial charge is 0.332 e. The number of rotatable bonds is 6. The second kappa shape index (κ2) is 10.3. The standard InChI is InChI=1S/C23H20N4O4S/c1-2-26(17-8-4-3-5-9-17)22(29)19-10-6-7-11-20(19)24-23(32)25-21(28)16-12-14-18(15-13-16)27(30)31/h3-15H,2H2,1H3,(H2,24,25,28,32). The van der Waals surface area contributed by atoms with E-state index in [-0.39, 0.29) is 22.3 Å². The molecule has 0 aliphatic heterocycles. The Bertz CT molecular complexity index is 1150. The molecule has 0 aromatic heterocycles. The van der Waals surface area contributed by atoms with Crippen LogP contribution in [-0.2, 0) is 0 Å². The molecule has 32 heavy (non-hydrogen) atoms. The highest BCUT2D eigenvalue weighted by Crippen LogP contribution is 2.22. The summed E-state index contributed by atoms with van der Waals surface area (Å²) in [7, 11) is 0. The number of thiocarbonyl (C=S) groups is 1. The Morgan fingerprint density at radius 1 is 0.969 bits per heavy atom. The van der Waals surface area contributed by atoms with Gasteiger partial charge in [-0.15, -0.1) is 0 Å². The molecule has 162 valence electrons. The Labute approximate surface area is 190 Å². The molecule has 0 radical (unpaired) electrons. The van der Waals surface area contributed by atoms with E-state index in [9.17, 15) is 19.7 Å². The van der Waals surface area contributed by atoms with Crippen LogP contribution in [-0.4, -0.2) is 28.4 Å². The van der Waals surface area contributed by atoms with Crippen LogP contribution in [0, 0.1) is 10.1 Å². The van der Waals surface area contributed by atoms with E-state index in [1.165, 1.54) is 24.3 Å². The van der Waals surface area contributed by atoms with Gasteiger partial charge in [0.15, 0.2) is 5.11 Å². The number of para-hydroxylation sites is 2. The predicted molar refractivity (Wildman–Crippen MR) is 127 cm³/mol. The molecule has 2 N–H and O–H groups in total. The summed E-state index contributed by atoms with van der Waals surface area (Å²) in [4.78, 5) is 37.5. The molecule has 0 unspecified atom stereocenters. The van der Waals surface area contributed by atoms with Gasteiger partial charge in [-0.2, -0.15) is 0 Å². The summed E-state index contributed by atoms with van der Waals surface area (Å²) in [6, 6.07) is 21.3. The Balaban J connectivity index is 1.74. The maximum atomic E-state index is 13.2. The number of carbonyl (C=O) groups is 2. The van der Waals surface area contributed by atoms with E-state index in [2.05, 4.69) is 10.6 Å². The molecule has 9 heteroatoms. The first-order chi connectivity index (χ1) is 15.4. The Hall–Kier alpha value is -4.11. The van der Waals surface area contributed by atoms with Crippen molar-refractivity contribution in [1.82, 2.24) is 5.32 Å². The van der Waals surface area contributed by atoms with Crippen molar-refractivity contribution in [2.75, 3.05) is 16.8 Å². The minimum atomic E-state index is -0.545. The van der Waals surface area contributed by atoms with E-state index in [1.807, 2.05) is 37.3 Å². The summed E-state index contributed by atoms with van der Waals surface area (Å²) in [6.07, 6.45) is 0. The van der Waals surface area contributed by atoms with Gasteiger partial charge in [0, 0.05) is 29.9 Å². The van der Waals surface area contributed by atoms with Gasteiger partial charge in [0.2, 0.25) is 0 Å². The fraction of sp³-hybridized carbons (Fsp3) is 0.0870. The van der Waals surface area contributed by atoms with E-state index in [4.69, 9.17) is 12.2 Å². The third kappa shape index (κ3) is 5.32. The lowest BCUT2D eigenvalue weighted by molar-refractivity contribution is -0.384. The molecular formula is C23H20N4O4S. The molecule has 2 amide bonds. The van der Waals surface area contributed by atoms with Crippen LogP contribution < -0.4 is 15.5 Å². The van der Waals surface area contributed by atoms with E-state index in [1.54, 1.807) is 29.2 Å². The van der Waals surface area contributed by atoms with Gasteiger partial charge in [-0.05, 0) is 55.5 Å². The number of anilines is 2. The lowest BCUT2D eigenvalue weighted by Gasteiger charge is -2.22. The number of nitro groups is 1. The van der Waals surface area contributed by atoms with Gasteiger partial charge < -0.3 is 10.2 Å². The molecule has 0 saturated heterocycles.